The Hall–Kier alpha value is -3.42. The van der Waals surface area contributed by atoms with Crippen LogP contribution in [0.3, 0.4) is 0 Å². The van der Waals surface area contributed by atoms with Crippen LogP contribution in [0.5, 0.6) is 0 Å². The summed E-state index contributed by atoms with van der Waals surface area (Å²) in [6.45, 7) is 8.37. The molecule has 44 heavy (non-hydrogen) atoms. The molecule has 1 aromatic rings. The Bertz CT molecular complexity index is 1390. The molecule has 0 spiro atoms. The van der Waals surface area contributed by atoms with E-state index in [4.69, 9.17) is 40.3 Å². The third-order valence-electron chi connectivity index (χ3n) is 7.06. The van der Waals surface area contributed by atoms with Crippen LogP contribution < -0.4 is 5.32 Å². The zero-order valence-corrected chi connectivity index (χ0v) is 26.8. The van der Waals surface area contributed by atoms with Crippen LogP contribution >= 0.6 is 23.4 Å². The number of Topliss-reactive ketones (excluding diaryl/α,β-unsaturated/α-hetero) is 1. The maximum absolute atomic E-state index is 13.4. The zero-order chi connectivity index (χ0) is 32.3. The van der Waals surface area contributed by atoms with Crippen molar-refractivity contribution in [2.75, 3.05) is 6.61 Å². The fourth-order valence-corrected chi connectivity index (χ4v) is 6.68. The Morgan fingerprint density at radius 3 is 2.11 bits per heavy atom. The van der Waals surface area contributed by atoms with Crippen molar-refractivity contribution in [3.8, 4) is 0 Å². The molecule has 2 aliphatic heterocycles. The number of benzene rings is 1. The van der Waals surface area contributed by atoms with Gasteiger partial charge in [-0.1, -0.05) is 49.3 Å². The number of halogens is 1. The number of hydrogen-bond acceptors (Lipinski definition) is 13. The van der Waals surface area contributed by atoms with Crippen LogP contribution in [0, 0.1) is 5.41 Å². The molecule has 6 atom stereocenters. The molecule has 1 fully saturated rings. The van der Waals surface area contributed by atoms with Crippen LogP contribution in [0.15, 0.2) is 40.5 Å². The van der Waals surface area contributed by atoms with Crippen molar-refractivity contribution in [3.63, 3.8) is 0 Å². The van der Waals surface area contributed by atoms with Crippen molar-refractivity contribution < 1.29 is 47.7 Å². The topological polar surface area (TPSA) is 156 Å². The van der Waals surface area contributed by atoms with Crippen LogP contribution in [-0.4, -0.2) is 71.3 Å². The van der Waals surface area contributed by atoms with Gasteiger partial charge in [0, 0.05) is 50.4 Å². The first-order chi connectivity index (χ1) is 20.6. The SMILES string of the molecule is CC(=O)OC[C@H]1O[C@@H](SC2=NC(c3ccc(Cl)cc3)C3=C(CC(C)(C)CC3=O)N2)[C@H](OC(C)=O)[C@@H](OC(C)=O)[C@H]1OC(C)=O. The molecular weight excluding hydrogens is 616 g/mol. The van der Waals surface area contributed by atoms with Gasteiger partial charge in [-0.05, 0) is 29.5 Å². The molecule has 1 unspecified atom stereocenters. The van der Waals surface area contributed by atoms with Crippen LogP contribution in [-0.2, 0) is 47.7 Å². The first-order valence-electron chi connectivity index (χ1n) is 14.0. The highest BCUT2D eigenvalue weighted by Crippen LogP contribution is 2.45. The molecule has 238 valence electrons. The van der Waals surface area contributed by atoms with E-state index in [9.17, 15) is 24.0 Å². The summed E-state index contributed by atoms with van der Waals surface area (Å²) in [5, 5.41) is 4.16. The largest absolute Gasteiger partial charge is 0.463 e. The van der Waals surface area contributed by atoms with Crippen LogP contribution in [0.25, 0.3) is 0 Å². The summed E-state index contributed by atoms with van der Waals surface area (Å²) in [7, 11) is 0. The third kappa shape index (κ3) is 8.19. The summed E-state index contributed by atoms with van der Waals surface area (Å²) in [6, 6.07) is 6.39. The minimum Gasteiger partial charge on any atom is -0.463 e. The van der Waals surface area contributed by atoms with Crippen LogP contribution in [0.1, 0.15) is 66.0 Å². The van der Waals surface area contributed by atoms with E-state index in [2.05, 4.69) is 5.32 Å². The molecule has 1 saturated heterocycles. The molecule has 2 heterocycles. The number of carbonyl (C=O) groups excluding carboxylic acids is 5. The van der Waals surface area contributed by atoms with E-state index >= 15 is 0 Å². The van der Waals surface area contributed by atoms with Crippen LogP contribution in [0.4, 0.5) is 0 Å². The lowest BCUT2D eigenvalue weighted by Crippen LogP contribution is -2.62. The Morgan fingerprint density at radius 2 is 1.52 bits per heavy atom. The molecule has 1 aliphatic carbocycles. The van der Waals surface area contributed by atoms with Gasteiger partial charge in [0.1, 0.15) is 18.8 Å². The third-order valence-corrected chi connectivity index (χ3v) is 8.35. The van der Waals surface area contributed by atoms with E-state index in [1.165, 1.54) is 13.8 Å². The quantitative estimate of drug-likeness (QED) is 0.337. The highest BCUT2D eigenvalue weighted by molar-refractivity contribution is 8.14. The molecule has 1 N–H and O–H groups in total. The predicted octanol–water partition coefficient (Wildman–Crippen LogP) is 3.80. The zero-order valence-electron chi connectivity index (χ0n) is 25.2. The van der Waals surface area contributed by atoms with Gasteiger partial charge in [0.2, 0.25) is 0 Å². The monoisotopic (exact) mass is 650 g/mol. The molecule has 12 nitrogen and oxygen atoms in total. The van der Waals surface area contributed by atoms with Gasteiger partial charge < -0.3 is 29.0 Å². The standard InChI is InChI=1S/C30H35ClN2O10S/c1-14(34)39-13-22-25(40-15(2)35)26(41-16(3)36)27(42-17(4)37)28(43-22)44-29-32-20-11-30(5,6)12-21(38)23(20)24(33-29)18-7-9-19(31)10-8-18/h7-10,22,24-28H,11-13H2,1-6H3,(H,32,33)/t22-,24?,25+,26+,27-,28+/m1/s1. The van der Waals surface area contributed by atoms with Gasteiger partial charge in [-0.2, -0.15) is 0 Å². The summed E-state index contributed by atoms with van der Waals surface area (Å²) in [4.78, 5) is 66.4. The Kier molecular flexibility index (Phi) is 10.4. The summed E-state index contributed by atoms with van der Waals surface area (Å²) < 4.78 is 28.0. The molecule has 0 amide bonds. The Morgan fingerprint density at radius 1 is 0.932 bits per heavy atom. The van der Waals surface area contributed by atoms with E-state index in [-0.39, 0.29) is 17.8 Å². The van der Waals surface area contributed by atoms with Crippen molar-refractivity contribution in [2.24, 2.45) is 10.4 Å². The number of ketones is 1. The van der Waals surface area contributed by atoms with Crippen molar-refractivity contribution in [3.05, 3.63) is 46.1 Å². The second-order valence-corrected chi connectivity index (χ2v) is 13.1. The fraction of sp³-hybridized carbons (Fsp3) is 0.533. The number of ether oxygens (including phenoxy) is 5. The number of aliphatic imine (C=N–C) groups is 1. The second-order valence-electron chi connectivity index (χ2n) is 11.5. The Balaban J connectivity index is 1.75. The minimum atomic E-state index is -1.31. The van der Waals surface area contributed by atoms with E-state index in [1.54, 1.807) is 24.3 Å². The first-order valence-corrected chi connectivity index (χ1v) is 15.2. The number of amidine groups is 1. The van der Waals surface area contributed by atoms with Gasteiger partial charge in [0.25, 0.3) is 0 Å². The van der Waals surface area contributed by atoms with Gasteiger partial charge in [0.15, 0.2) is 34.7 Å². The molecule has 1 aromatic carbocycles. The average Bonchev–Trinajstić information content (AvgIpc) is 2.89. The van der Waals surface area contributed by atoms with Crippen LogP contribution in [0.2, 0.25) is 5.02 Å². The summed E-state index contributed by atoms with van der Waals surface area (Å²) in [5.41, 5.74) is 0.611. The average molecular weight is 651 g/mol. The molecular formula is C30H35ClN2O10S. The number of allylic oxidation sites excluding steroid dienone is 1. The second kappa shape index (κ2) is 13.7. The number of nitrogens with zero attached hydrogens (tertiary/aromatic N) is 1. The number of carbonyl (C=O) groups is 5. The molecule has 3 aliphatic rings. The van der Waals surface area contributed by atoms with Gasteiger partial charge in [0.05, 0.1) is 0 Å². The number of hydrogen-bond donors (Lipinski definition) is 1. The lowest BCUT2D eigenvalue weighted by Gasteiger charge is -2.44. The predicted molar refractivity (Wildman–Crippen MR) is 159 cm³/mol. The highest BCUT2D eigenvalue weighted by Gasteiger charge is 2.53. The molecule has 4 rings (SSSR count). The fourth-order valence-electron chi connectivity index (χ4n) is 5.45. The van der Waals surface area contributed by atoms with Crippen molar-refractivity contribution in [1.82, 2.24) is 5.32 Å². The van der Waals surface area contributed by atoms with E-state index in [0.717, 1.165) is 31.2 Å². The van der Waals surface area contributed by atoms with Gasteiger partial charge >= 0.3 is 23.9 Å². The molecule has 14 heteroatoms. The van der Waals surface area contributed by atoms with E-state index in [0.29, 0.717) is 34.3 Å². The lowest BCUT2D eigenvalue weighted by molar-refractivity contribution is -0.237. The highest BCUT2D eigenvalue weighted by atomic mass is 35.5. The van der Waals surface area contributed by atoms with Crippen molar-refractivity contribution in [2.45, 2.75) is 90.3 Å². The summed E-state index contributed by atoms with van der Waals surface area (Å²) in [5.74, 6) is -2.79. The number of nitrogens with one attached hydrogen (secondary N) is 1. The normalized spacial score (nSPS) is 27.7. The summed E-state index contributed by atoms with van der Waals surface area (Å²) >= 11 is 7.17. The maximum atomic E-state index is 13.4. The summed E-state index contributed by atoms with van der Waals surface area (Å²) in [6.07, 6.45) is -4.03. The molecule has 0 saturated carbocycles. The van der Waals surface area contributed by atoms with E-state index in [1.807, 2.05) is 13.8 Å². The van der Waals surface area contributed by atoms with Gasteiger partial charge in [-0.25, -0.2) is 4.99 Å². The van der Waals surface area contributed by atoms with Gasteiger partial charge in [-0.15, -0.1) is 0 Å². The van der Waals surface area contributed by atoms with E-state index < -0.39 is 59.8 Å². The number of thioether (sulfide) groups is 1. The lowest BCUT2D eigenvalue weighted by atomic mass is 9.73. The first kappa shape index (κ1) is 33.5. The molecule has 0 radical (unpaired) electrons. The van der Waals surface area contributed by atoms with Crippen molar-refractivity contribution in [1.29, 1.82) is 0 Å². The number of esters is 4. The molecule has 0 bridgehead atoms. The smallest absolute Gasteiger partial charge is 0.303 e. The Labute approximate surface area is 264 Å². The number of rotatable bonds is 7. The van der Waals surface area contributed by atoms with Crippen molar-refractivity contribution >= 4 is 58.2 Å². The molecule has 0 aromatic heterocycles. The minimum absolute atomic E-state index is 0.0243. The van der Waals surface area contributed by atoms with Gasteiger partial charge in [-0.3, -0.25) is 24.0 Å². The maximum Gasteiger partial charge on any atom is 0.303 e.